The molecule has 3 N–H and O–H groups in total. The van der Waals surface area contributed by atoms with Crippen LogP contribution in [0.4, 0.5) is 4.79 Å². The SMILES string of the molecule is CN1CC2(Cc3ccccc3)CN(C(=O)[C@@H](COCc3ccccc3)NC(=O)C(C)(C)N)CCN2C1=O. The zero-order chi connectivity index (χ0) is 26.6. The number of urea groups is 1. The fraction of sp³-hybridized carbons (Fsp3) is 0.464. The average molecular weight is 508 g/mol. The second kappa shape index (κ2) is 10.9. The first-order valence-corrected chi connectivity index (χ1v) is 12.7. The number of hydrogen-bond donors (Lipinski definition) is 2. The molecule has 2 fully saturated rings. The molecule has 0 saturated carbocycles. The zero-order valence-electron chi connectivity index (χ0n) is 21.9. The van der Waals surface area contributed by atoms with E-state index in [1.54, 1.807) is 30.7 Å². The largest absolute Gasteiger partial charge is 0.374 e. The van der Waals surface area contributed by atoms with Crippen molar-refractivity contribution in [3.8, 4) is 0 Å². The zero-order valence-corrected chi connectivity index (χ0v) is 21.9. The fourth-order valence-electron chi connectivity index (χ4n) is 5.11. The van der Waals surface area contributed by atoms with E-state index in [1.165, 1.54) is 0 Å². The maximum Gasteiger partial charge on any atom is 0.320 e. The summed E-state index contributed by atoms with van der Waals surface area (Å²) < 4.78 is 5.87. The fourth-order valence-corrected chi connectivity index (χ4v) is 5.11. The van der Waals surface area contributed by atoms with Crippen LogP contribution in [-0.4, -0.2) is 89.5 Å². The van der Waals surface area contributed by atoms with E-state index in [-0.39, 0.29) is 18.5 Å². The van der Waals surface area contributed by atoms with Crippen molar-refractivity contribution in [3.63, 3.8) is 0 Å². The van der Waals surface area contributed by atoms with Crippen molar-refractivity contribution in [1.82, 2.24) is 20.0 Å². The Hall–Kier alpha value is -3.43. The molecule has 2 aromatic rings. The van der Waals surface area contributed by atoms with Crippen LogP contribution in [0.25, 0.3) is 0 Å². The minimum absolute atomic E-state index is 0.0142. The van der Waals surface area contributed by atoms with Crippen molar-refractivity contribution in [1.29, 1.82) is 0 Å². The topological polar surface area (TPSA) is 108 Å². The molecule has 0 spiro atoms. The molecule has 0 aliphatic carbocycles. The van der Waals surface area contributed by atoms with Crippen LogP contribution in [0.15, 0.2) is 60.7 Å². The third-order valence-electron chi connectivity index (χ3n) is 7.01. The Labute approximate surface area is 218 Å². The Balaban J connectivity index is 1.53. The summed E-state index contributed by atoms with van der Waals surface area (Å²) in [6, 6.07) is 18.7. The Morgan fingerprint density at radius 1 is 1.03 bits per heavy atom. The minimum atomic E-state index is -1.15. The Morgan fingerprint density at radius 3 is 2.27 bits per heavy atom. The number of benzene rings is 2. The molecule has 4 amide bonds. The first kappa shape index (κ1) is 26.6. The van der Waals surface area contributed by atoms with Crippen molar-refractivity contribution in [3.05, 3.63) is 71.8 Å². The molecule has 0 aromatic heterocycles. The van der Waals surface area contributed by atoms with Gasteiger partial charge in [-0.05, 0) is 31.4 Å². The molecular formula is C28H37N5O4. The van der Waals surface area contributed by atoms with Gasteiger partial charge in [0.25, 0.3) is 0 Å². The number of piperazine rings is 1. The molecule has 4 rings (SSSR count). The summed E-state index contributed by atoms with van der Waals surface area (Å²) in [4.78, 5) is 44.9. The van der Waals surface area contributed by atoms with Gasteiger partial charge in [0.2, 0.25) is 11.8 Å². The van der Waals surface area contributed by atoms with E-state index in [1.807, 2.05) is 65.6 Å². The van der Waals surface area contributed by atoms with E-state index in [4.69, 9.17) is 10.5 Å². The van der Waals surface area contributed by atoms with Crippen LogP contribution in [0.2, 0.25) is 0 Å². The number of hydrogen-bond acceptors (Lipinski definition) is 5. The van der Waals surface area contributed by atoms with Gasteiger partial charge in [0.05, 0.1) is 24.3 Å². The van der Waals surface area contributed by atoms with Crippen molar-refractivity contribution in [2.24, 2.45) is 5.73 Å². The van der Waals surface area contributed by atoms with Crippen LogP contribution in [0.1, 0.15) is 25.0 Å². The minimum Gasteiger partial charge on any atom is -0.374 e. The number of nitrogens with one attached hydrogen (secondary N) is 1. The van der Waals surface area contributed by atoms with Crippen LogP contribution in [0.5, 0.6) is 0 Å². The summed E-state index contributed by atoms with van der Waals surface area (Å²) in [7, 11) is 1.79. The first-order valence-electron chi connectivity index (χ1n) is 12.7. The van der Waals surface area contributed by atoms with Gasteiger partial charge in [0.15, 0.2) is 0 Å². The summed E-state index contributed by atoms with van der Waals surface area (Å²) in [6.07, 6.45) is 0.630. The lowest BCUT2D eigenvalue weighted by atomic mass is 9.87. The van der Waals surface area contributed by atoms with Gasteiger partial charge in [-0.15, -0.1) is 0 Å². The molecule has 9 heteroatoms. The van der Waals surface area contributed by atoms with Gasteiger partial charge in [-0.25, -0.2) is 4.79 Å². The normalized spacial score (nSPS) is 20.5. The predicted octanol–water partition coefficient (Wildman–Crippen LogP) is 1.62. The van der Waals surface area contributed by atoms with Gasteiger partial charge in [-0.2, -0.15) is 0 Å². The van der Waals surface area contributed by atoms with Gasteiger partial charge < -0.3 is 30.5 Å². The average Bonchev–Trinajstić information content (AvgIpc) is 3.12. The Morgan fingerprint density at radius 2 is 1.65 bits per heavy atom. The highest BCUT2D eigenvalue weighted by Gasteiger charge is 2.52. The number of carbonyl (C=O) groups is 3. The smallest absolute Gasteiger partial charge is 0.320 e. The summed E-state index contributed by atoms with van der Waals surface area (Å²) in [5.41, 5.74) is 6.39. The maximum absolute atomic E-state index is 13.8. The van der Waals surface area contributed by atoms with Crippen molar-refractivity contribution in [2.45, 2.75) is 44.0 Å². The van der Waals surface area contributed by atoms with Gasteiger partial charge in [-0.3, -0.25) is 9.59 Å². The number of ether oxygens (including phenoxy) is 1. The summed E-state index contributed by atoms with van der Waals surface area (Å²) >= 11 is 0. The van der Waals surface area contributed by atoms with Crippen molar-refractivity contribution < 1.29 is 19.1 Å². The number of carbonyl (C=O) groups excluding carboxylic acids is 3. The van der Waals surface area contributed by atoms with Gasteiger partial charge in [0, 0.05) is 33.2 Å². The summed E-state index contributed by atoms with van der Waals surface area (Å²) in [6.45, 7) is 5.22. The molecule has 37 heavy (non-hydrogen) atoms. The number of nitrogens with zero attached hydrogens (tertiary/aromatic N) is 3. The number of rotatable bonds is 9. The number of amides is 4. The van der Waals surface area contributed by atoms with Gasteiger partial charge >= 0.3 is 6.03 Å². The molecule has 9 nitrogen and oxygen atoms in total. The highest BCUT2D eigenvalue weighted by Crippen LogP contribution is 2.33. The first-order chi connectivity index (χ1) is 17.6. The number of fused-ring (bicyclic) bond motifs is 1. The molecule has 1 unspecified atom stereocenters. The molecule has 2 aliphatic heterocycles. The lowest BCUT2D eigenvalue weighted by molar-refractivity contribution is -0.142. The van der Waals surface area contributed by atoms with E-state index in [0.29, 0.717) is 39.2 Å². The highest BCUT2D eigenvalue weighted by atomic mass is 16.5. The molecule has 2 aliphatic rings. The standard InChI is InChI=1S/C28H37N5O4/c1-27(2,29)25(35)30-23(18-37-17-22-12-8-5-9-13-22)24(34)32-14-15-33-26(36)31(3)19-28(33,20-32)16-21-10-6-4-7-11-21/h4-13,23H,14-20,29H2,1-3H3,(H,30,35)/t23-,28?/m1/s1. The molecule has 2 heterocycles. The van der Waals surface area contributed by atoms with E-state index >= 15 is 0 Å². The van der Waals surface area contributed by atoms with Gasteiger partial charge in [0.1, 0.15) is 6.04 Å². The highest BCUT2D eigenvalue weighted by molar-refractivity contribution is 5.92. The lowest BCUT2D eigenvalue weighted by Crippen LogP contribution is -2.66. The maximum atomic E-state index is 13.8. The van der Waals surface area contributed by atoms with E-state index in [2.05, 4.69) is 5.32 Å². The molecule has 2 saturated heterocycles. The van der Waals surface area contributed by atoms with Crippen LogP contribution >= 0.6 is 0 Å². The second-order valence-corrected chi connectivity index (χ2v) is 10.7. The van der Waals surface area contributed by atoms with E-state index in [9.17, 15) is 14.4 Å². The predicted molar refractivity (Wildman–Crippen MR) is 140 cm³/mol. The third kappa shape index (κ3) is 6.11. The van der Waals surface area contributed by atoms with Crippen LogP contribution in [0, 0.1) is 0 Å². The van der Waals surface area contributed by atoms with Gasteiger partial charge in [-0.1, -0.05) is 60.7 Å². The van der Waals surface area contributed by atoms with Crippen LogP contribution in [0.3, 0.4) is 0 Å². The number of likely N-dealkylation sites (N-methyl/N-ethyl adjacent to an activating group) is 1. The van der Waals surface area contributed by atoms with E-state index in [0.717, 1.165) is 11.1 Å². The van der Waals surface area contributed by atoms with Crippen LogP contribution in [-0.2, 0) is 27.4 Å². The molecule has 2 aromatic carbocycles. The molecular weight excluding hydrogens is 470 g/mol. The quantitative estimate of drug-likeness (QED) is 0.536. The summed E-state index contributed by atoms with van der Waals surface area (Å²) in [5, 5.41) is 2.81. The third-order valence-corrected chi connectivity index (χ3v) is 7.01. The molecule has 2 atom stereocenters. The Kier molecular flexibility index (Phi) is 7.85. The lowest BCUT2D eigenvalue weighted by Gasteiger charge is -2.46. The molecule has 0 bridgehead atoms. The van der Waals surface area contributed by atoms with Crippen molar-refractivity contribution in [2.75, 3.05) is 39.8 Å². The summed E-state index contributed by atoms with van der Waals surface area (Å²) in [5.74, 6) is -0.665. The monoisotopic (exact) mass is 507 g/mol. The van der Waals surface area contributed by atoms with Crippen LogP contribution < -0.4 is 11.1 Å². The molecule has 0 radical (unpaired) electrons. The molecule has 198 valence electrons. The number of nitrogens with two attached hydrogens (primary N) is 1. The van der Waals surface area contributed by atoms with Crippen molar-refractivity contribution >= 4 is 17.8 Å². The van der Waals surface area contributed by atoms with E-state index < -0.39 is 23.0 Å². The Bertz CT molecular complexity index is 1100. The second-order valence-electron chi connectivity index (χ2n) is 10.7.